The first-order valence-corrected chi connectivity index (χ1v) is 14.7. The summed E-state index contributed by atoms with van der Waals surface area (Å²) in [6, 6.07) is 22.2. The molecule has 4 aromatic rings. The number of aromatic nitrogens is 1. The lowest BCUT2D eigenvalue weighted by molar-refractivity contribution is 0.0981. The lowest BCUT2D eigenvalue weighted by atomic mass is 9.97. The van der Waals surface area contributed by atoms with Gasteiger partial charge in [-0.25, -0.2) is 13.1 Å². The summed E-state index contributed by atoms with van der Waals surface area (Å²) in [5, 5.41) is 13.6. The van der Waals surface area contributed by atoms with Crippen LogP contribution in [0.25, 0.3) is 11.1 Å². The number of ether oxygens (including phenoxy) is 2. The number of sulfonamides is 1. The van der Waals surface area contributed by atoms with Crippen LogP contribution in [0.15, 0.2) is 96.2 Å². The summed E-state index contributed by atoms with van der Waals surface area (Å²) in [6.07, 6.45) is 4.36. The Balaban J connectivity index is 1.18. The number of nitrogens with one attached hydrogen (secondary N) is 2. The maximum Gasteiger partial charge on any atom is 0.265 e. The average molecular weight is 574 g/mol. The first kappa shape index (κ1) is 28.3. The normalized spacial score (nSPS) is 15.3. The zero-order chi connectivity index (χ0) is 28.8. The molecule has 2 heterocycles. The molecule has 9 nitrogen and oxygen atoms in total. The van der Waals surface area contributed by atoms with Crippen LogP contribution in [-0.2, 0) is 16.4 Å². The molecule has 0 fully saturated rings. The molecule has 1 aliphatic rings. The van der Waals surface area contributed by atoms with Gasteiger partial charge in [-0.3, -0.25) is 9.78 Å². The molecule has 2 atom stereocenters. The van der Waals surface area contributed by atoms with Gasteiger partial charge in [0.2, 0.25) is 0 Å². The van der Waals surface area contributed by atoms with Crippen molar-refractivity contribution < 1.29 is 27.8 Å². The average Bonchev–Trinajstić information content (AvgIpc) is 3.01. The van der Waals surface area contributed by atoms with Crippen LogP contribution in [0.4, 0.5) is 0 Å². The Kier molecular flexibility index (Phi) is 8.63. The van der Waals surface area contributed by atoms with Crippen LogP contribution in [-0.4, -0.2) is 50.7 Å². The molecule has 3 N–H and O–H groups in total. The number of aliphatic hydroxyl groups is 1. The summed E-state index contributed by atoms with van der Waals surface area (Å²) in [5.41, 5.74) is 3.82. The van der Waals surface area contributed by atoms with Crippen molar-refractivity contribution in [2.75, 3.05) is 20.2 Å². The fourth-order valence-electron chi connectivity index (χ4n) is 4.67. The molecule has 212 valence electrons. The van der Waals surface area contributed by atoms with Crippen molar-refractivity contribution in [3.05, 3.63) is 108 Å². The van der Waals surface area contributed by atoms with Crippen LogP contribution in [0.3, 0.4) is 0 Å². The minimum atomic E-state index is -4.06. The second kappa shape index (κ2) is 12.5. The number of aliphatic hydroxyl groups excluding tert-OH is 1. The highest BCUT2D eigenvalue weighted by Crippen LogP contribution is 2.32. The number of carbonyl (C=O) groups is 1. The molecule has 1 amide bonds. The number of hydrogen-bond donors (Lipinski definition) is 3. The van der Waals surface area contributed by atoms with Crippen LogP contribution in [0.5, 0.6) is 11.5 Å². The largest absolute Gasteiger partial charge is 0.497 e. The number of pyridine rings is 1. The molecule has 1 aliphatic heterocycles. The Morgan fingerprint density at radius 3 is 2.63 bits per heavy atom. The van der Waals surface area contributed by atoms with E-state index in [1.807, 2.05) is 18.2 Å². The number of aryl methyl sites for hydroxylation is 1. The van der Waals surface area contributed by atoms with Crippen LogP contribution in [0, 0.1) is 0 Å². The second-order valence-corrected chi connectivity index (χ2v) is 11.4. The highest BCUT2D eigenvalue weighted by molar-refractivity contribution is 7.90. The van der Waals surface area contributed by atoms with Gasteiger partial charge in [0.15, 0.2) is 0 Å². The van der Waals surface area contributed by atoms with E-state index in [4.69, 9.17) is 9.47 Å². The second-order valence-electron chi connectivity index (χ2n) is 9.75. The third-order valence-corrected chi connectivity index (χ3v) is 8.27. The lowest BCUT2D eigenvalue weighted by Gasteiger charge is -2.27. The molecular formula is C31H31N3O6S. The molecule has 2 unspecified atom stereocenters. The third-order valence-electron chi connectivity index (χ3n) is 6.93. The van der Waals surface area contributed by atoms with Gasteiger partial charge in [-0.1, -0.05) is 30.3 Å². The van der Waals surface area contributed by atoms with Gasteiger partial charge in [-0.05, 0) is 78.1 Å². The van der Waals surface area contributed by atoms with Crippen LogP contribution < -0.4 is 19.5 Å². The van der Waals surface area contributed by atoms with Gasteiger partial charge >= 0.3 is 0 Å². The topological polar surface area (TPSA) is 127 Å². The van der Waals surface area contributed by atoms with Gasteiger partial charge in [0.05, 0.1) is 18.1 Å². The Hall–Kier alpha value is -4.25. The number of hydrogen-bond acceptors (Lipinski definition) is 8. The summed E-state index contributed by atoms with van der Waals surface area (Å²) in [4.78, 5) is 16.6. The fourth-order valence-corrected chi connectivity index (χ4v) is 5.64. The van der Waals surface area contributed by atoms with Crippen molar-refractivity contribution in [1.82, 2.24) is 15.0 Å². The third kappa shape index (κ3) is 6.91. The first-order chi connectivity index (χ1) is 19.8. The van der Waals surface area contributed by atoms with Crippen LogP contribution in [0.1, 0.15) is 34.0 Å². The number of rotatable bonds is 10. The van der Waals surface area contributed by atoms with Crippen molar-refractivity contribution in [2.45, 2.75) is 29.9 Å². The van der Waals surface area contributed by atoms with Gasteiger partial charge in [0, 0.05) is 36.6 Å². The molecule has 0 spiro atoms. The molecule has 10 heteroatoms. The maximum atomic E-state index is 12.8. The van der Waals surface area contributed by atoms with Crippen molar-refractivity contribution in [3.8, 4) is 22.6 Å². The van der Waals surface area contributed by atoms with E-state index in [0.717, 1.165) is 40.8 Å². The quantitative estimate of drug-likeness (QED) is 0.261. The Labute approximate surface area is 239 Å². The molecule has 0 bridgehead atoms. The lowest BCUT2D eigenvalue weighted by Crippen LogP contribution is -2.36. The standard InChI is InChI=1S/C31H31N3O6S/c1-39-26-6-2-4-24(17-26)31(36)34-41(37,38)28-12-8-21(9-13-28)22-10-14-30-23(16-22)7-11-27(40-30)19-33-20-29(35)25-5-3-15-32-18-25/h2-6,8-10,12-18,27,29,33,35H,7,11,19-20H2,1H3,(H,34,36). The van der Waals surface area contributed by atoms with Gasteiger partial charge < -0.3 is 19.9 Å². The molecule has 3 aromatic carbocycles. The van der Waals surface area contributed by atoms with Gasteiger partial charge in [-0.2, -0.15) is 0 Å². The van der Waals surface area contributed by atoms with Crippen molar-refractivity contribution in [2.24, 2.45) is 0 Å². The van der Waals surface area contributed by atoms with Crippen molar-refractivity contribution in [3.63, 3.8) is 0 Å². The minimum absolute atomic E-state index is 0.00822. The Morgan fingerprint density at radius 2 is 1.88 bits per heavy atom. The highest BCUT2D eigenvalue weighted by Gasteiger charge is 2.22. The van der Waals surface area contributed by atoms with E-state index in [9.17, 15) is 18.3 Å². The number of amides is 1. The molecular weight excluding hydrogens is 542 g/mol. The molecule has 0 saturated carbocycles. The summed E-state index contributed by atoms with van der Waals surface area (Å²) in [7, 11) is -2.59. The van der Waals surface area contributed by atoms with Crippen molar-refractivity contribution >= 4 is 15.9 Å². The zero-order valence-electron chi connectivity index (χ0n) is 22.5. The molecule has 0 aliphatic carbocycles. The summed E-state index contributed by atoms with van der Waals surface area (Å²) in [6.45, 7) is 1.02. The number of fused-ring (bicyclic) bond motifs is 1. The number of methoxy groups -OCH3 is 1. The van der Waals surface area contributed by atoms with Gasteiger partial charge in [-0.15, -0.1) is 0 Å². The molecule has 0 radical (unpaired) electrons. The van der Waals surface area contributed by atoms with E-state index in [0.29, 0.717) is 18.8 Å². The first-order valence-electron chi connectivity index (χ1n) is 13.2. The van der Waals surface area contributed by atoms with E-state index in [2.05, 4.69) is 21.1 Å². The number of benzene rings is 3. The van der Waals surface area contributed by atoms with Gasteiger partial charge in [0.25, 0.3) is 15.9 Å². The maximum absolute atomic E-state index is 12.8. The van der Waals surface area contributed by atoms with Gasteiger partial charge in [0.1, 0.15) is 17.6 Å². The van der Waals surface area contributed by atoms with E-state index in [-0.39, 0.29) is 16.6 Å². The monoisotopic (exact) mass is 573 g/mol. The Bertz CT molecular complexity index is 1610. The van der Waals surface area contributed by atoms with Crippen LogP contribution >= 0.6 is 0 Å². The smallest absolute Gasteiger partial charge is 0.265 e. The summed E-state index contributed by atoms with van der Waals surface area (Å²) >= 11 is 0. The molecule has 1 aromatic heterocycles. The highest BCUT2D eigenvalue weighted by atomic mass is 32.2. The van der Waals surface area contributed by atoms with E-state index >= 15 is 0 Å². The number of nitrogens with zero attached hydrogens (tertiary/aromatic N) is 1. The fraction of sp³-hybridized carbons (Fsp3) is 0.226. The predicted molar refractivity (Wildman–Crippen MR) is 154 cm³/mol. The molecule has 41 heavy (non-hydrogen) atoms. The van der Waals surface area contributed by atoms with E-state index < -0.39 is 22.0 Å². The van der Waals surface area contributed by atoms with Crippen molar-refractivity contribution in [1.29, 1.82) is 0 Å². The molecule has 5 rings (SSSR count). The zero-order valence-corrected chi connectivity index (χ0v) is 23.3. The molecule has 0 saturated heterocycles. The minimum Gasteiger partial charge on any atom is -0.497 e. The summed E-state index contributed by atoms with van der Waals surface area (Å²) < 4.78 is 39.0. The number of carbonyl (C=O) groups excluding carboxylic acids is 1. The SMILES string of the molecule is COc1cccc(C(=O)NS(=O)(=O)c2ccc(-c3ccc4c(c3)CCC(CNCC(O)c3cccnc3)O4)cc2)c1. The van der Waals surface area contributed by atoms with Crippen LogP contribution in [0.2, 0.25) is 0 Å². The Morgan fingerprint density at radius 1 is 1.07 bits per heavy atom. The van der Waals surface area contributed by atoms with E-state index in [1.165, 1.54) is 31.4 Å². The van der Waals surface area contributed by atoms with E-state index in [1.54, 1.807) is 42.7 Å². The summed E-state index contributed by atoms with van der Waals surface area (Å²) in [5.74, 6) is 0.540. The predicted octanol–water partition coefficient (Wildman–Crippen LogP) is 3.89.